The van der Waals surface area contributed by atoms with E-state index in [1.807, 2.05) is 0 Å². The van der Waals surface area contributed by atoms with Gasteiger partial charge in [0.25, 0.3) is 0 Å². The Bertz CT molecular complexity index is 242. The van der Waals surface area contributed by atoms with Crippen LogP contribution in [-0.4, -0.2) is 42.8 Å². The highest BCUT2D eigenvalue weighted by Gasteiger charge is 2.38. The summed E-state index contributed by atoms with van der Waals surface area (Å²) in [5.41, 5.74) is 6.54. The normalized spacial score (nSPS) is 29.6. The van der Waals surface area contributed by atoms with Crippen LogP contribution in [0.15, 0.2) is 0 Å². The second kappa shape index (κ2) is 4.28. The van der Waals surface area contributed by atoms with Gasteiger partial charge in [-0.05, 0) is 44.4 Å². The van der Waals surface area contributed by atoms with Crippen molar-refractivity contribution in [2.24, 2.45) is 11.7 Å². The van der Waals surface area contributed by atoms with E-state index >= 15 is 0 Å². The molecule has 1 heterocycles. The highest BCUT2D eigenvalue weighted by Crippen LogP contribution is 2.36. The number of nitrogens with zero attached hydrogens (tertiary/aromatic N) is 1. The first kappa shape index (κ1) is 11.0. The first-order valence-electron chi connectivity index (χ1n) is 6.86. The highest BCUT2D eigenvalue weighted by molar-refractivity contribution is 4.96. The smallest absolute Gasteiger partial charge is 0.0484 e. The molecule has 0 amide bonds. The third-order valence-corrected chi connectivity index (χ3v) is 4.26. The minimum absolute atomic E-state index is 0.0374. The maximum absolute atomic E-state index is 6.50. The first-order chi connectivity index (χ1) is 7.75. The lowest BCUT2D eigenvalue weighted by molar-refractivity contribution is 0.0356. The molecule has 0 spiro atoms. The molecule has 0 atom stereocenters. The van der Waals surface area contributed by atoms with Gasteiger partial charge in [-0.25, -0.2) is 0 Å². The van der Waals surface area contributed by atoms with Crippen LogP contribution in [0.4, 0.5) is 0 Å². The van der Waals surface area contributed by atoms with Crippen LogP contribution in [0.1, 0.15) is 38.5 Å². The molecule has 0 aromatic heterocycles. The fourth-order valence-electron chi connectivity index (χ4n) is 2.75. The largest absolute Gasteiger partial charge is 0.381 e. The van der Waals surface area contributed by atoms with Crippen LogP contribution in [0.25, 0.3) is 0 Å². The van der Waals surface area contributed by atoms with Crippen molar-refractivity contribution in [3.63, 3.8) is 0 Å². The topological polar surface area (TPSA) is 38.5 Å². The zero-order chi connectivity index (χ0) is 11.0. The van der Waals surface area contributed by atoms with Crippen LogP contribution < -0.4 is 5.73 Å². The molecule has 2 N–H and O–H groups in total. The van der Waals surface area contributed by atoms with Crippen molar-refractivity contribution in [2.45, 2.75) is 50.1 Å². The molecule has 3 aliphatic rings. The molecule has 3 fully saturated rings. The van der Waals surface area contributed by atoms with Crippen molar-refractivity contribution in [1.82, 2.24) is 4.90 Å². The summed E-state index contributed by atoms with van der Waals surface area (Å²) < 4.78 is 5.42. The van der Waals surface area contributed by atoms with Gasteiger partial charge in [-0.2, -0.15) is 0 Å². The predicted octanol–water partition coefficient (Wildman–Crippen LogP) is 1.37. The van der Waals surface area contributed by atoms with Crippen molar-refractivity contribution in [1.29, 1.82) is 0 Å². The van der Waals surface area contributed by atoms with Gasteiger partial charge in [0.1, 0.15) is 0 Å². The van der Waals surface area contributed by atoms with Crippen molar-refractivity contribution < 1.29 is 4.74 Å². The molecule has 0 unspecified atom stereocenters. The quantitative estimate of drug-likeness (QED) is 0.766. The molecule has 0 aromatic carbocycles. The number of hydrogen-bond acceptors (Lipinski definition) is 3. The maximum Gasteiger partial charge on any atom is 0.0484 e. The Labute approximate surface area is 98.3 Å². The lowest BCUT2D eigenvalue weighted by atomic mass is 9.90. The summed E-state index contributed by atoms with van der Waals surface area (Å²) >= 11 is 0. The van der Waals surface area contributed by atoms with Gasteiger partial charge in [0, 0.05) is 37.9 Å². The van der Waals surface area contributed by atoms with Crippen molar-refractivity contribution >= 4 is 0 Å². The molecule has 2 saturated carbocycles. The van der Waals surface area contributed by atoms with E-state index in [1.165, 1.54) is 32.2 Å². The number of hydrogen-bond donors (Lipinski definition) is 1. The van der Waals surface area contributed by atoms with Gasteiger partial charge in [0.15, 0.2) is 0 Å². The summed E-state index contributed by atoms with van der Waals surface area (Å²) in [6, 6.07) is 0.865. The van der Waals surface area contributed by atoms with E-state index in [4.69, 9.17) is 10.5 Å². The highest BCUT2D eigenvalue weighted by atomic mass is 16.5. The zero-order valence-electron chi connectivity index (χ0n) is 10.2. The molecule has 92 valence electrons. The third kappa shape index (κ3) is 2.76. The maximum atomic E-state index is 6.50. The third-order valence-electron chi connectivity index (χ3n) is 4.26. The van der Waals surface area contributed by atoms with Gasteiger partial charge in [-0.3, -0.25) is 4.90 Å². The zero-order valence-corrected chi connectivity index (χ0v) is 10.2. The second-order valence-electron chi connectivity index (χ2n) is 6.08. The van der Waals surface area contributed by atoms with Crippen LogP contribution in [0.3, 0.4) is 0 Å². The Morgan fingerprint density at radius 2 is 1.81 bits per heavy atom. The summed E-state index contributed by atoms with van der Waals surface area (Å²) in [6.45, 7) is 4.14. The Kier molecular flexibility index (Phi) is 2.94. The number of nitrogens with two attached hydrogens (primary N) is 1. The molecule has 0 aromatic rings. The summed E-state index contributed by atoms with van der Waals surface area (Å²) in [5.74, 6) is 0.990. The van der Waals surface area contributed by atoms with Gasteiger partial charge in [0.2, 0.25) is 0 Å². The Hall–Kier alpha value is -0.120. The van der Waals surface area contributed by atoms with Gasteiger partial charge < -0.3 is 10.5 Å². The van der Waals surface area contributed by atoms with E-state index in [0.717, 1.165) is 44.6 Å². The van der Waals surface area contributed by atoms with E-state index in [-0.39, 0.29) is 5.54 Å². The van der Waals surface area contributed by atoms with Gasteiger partial charge in [-0.15, -0.1) is 0 Å². The van der Waals surface area contributed by atoms with Crippen LogP contribution in [0.2, 0.25) is 0 Å². The van der Waals surface area contributed by atoms with Crippen LogP contribution in [0, 0.1) is 5.92 Å². The van der Waals surface area contributed by atoms with Crippen molar-refractivity contribution in [2.75, 3.05) is 26.3 Å². The number of ether oxygens (including phenoxy) is 1. The average molecular weight is 224 g/mol. The van der Waals surface area contributed by atoms with Crippen molar-refractivity contribution in [3.05, 3.63) is 0 Å². The molecule has 0 radical (unpaired) electrons. The molecule has 3 nitrogen and oxygen atoms in total. The Balaban J connectivity index is 1.56. The van der Waals surface area contributed by atoms with Gasteiger partial charge in [0.05, 0.1) is 0 Å². The Morgan fingerprint density at radius 1 is 1.12 bits per heavy atom. The summed E-state index contributed by atoms with van der Waals surface area (Å²) in [6.07, 6.45) is 7.79. The SMILES string of the molecule is NC1(CN(CC2CC2)C2CC2)CCOCC1. The fraction of sp³-hybridized carbons (Fsp3) is 1.00. The molecule has 2 aliphatic carbocycles. The van der Waals surface area contributed by atoms with Gasteiger partial charge >= 0.3 is 0 Å². The molecular weight excluding hydrogens is 200 g/mol. The van der Waals surface area contributed by atoms with Crippen LogP contribution in [0.5, 0.6) is 0 Å². The summed E-state index contributed by atoms with van der Waals surface area (Å²) in [5, 5.41) is 0. The molecular formula is C13H24N2O. The molecule has 1 saturated heterocycles. The molecule has 1 aliphatic heterocycles. The van der Waals surface area contributed by atoms with Crippen LogP contribution >= 0.6 is 0 Å². The second-order valence-corrected chi connectivity index (χ2v) is 6.08. The van der Waals surface area contributed by atoms with E-state index in [0.29, 0.717) is 0 Å². The number of rotatable bonds is 5. The summed E-state index contributed by atoms with van der Waals surface area (Å²) in [4.78, 5) is 2.68. The fourth-order valence-corrected chi connectivity index (χ4v) is 2.75. The van der Waals surface area contributed by atoms with E-state index < -0.39 is 0 Å². The summed E-state index contributed by atoms with van der Waals surface area (Å²) in [7, 11) is 0. The predicted molar refractivity (Wildman–Crippen MR) is 64.3 cm³/mol. The van der Waals surface area contributed by atoms with E-state index in [1.54, 1.807) is 0 Å². The average Bonchev–Trinajstić information content (AvgIpc) is 3.13. The van der Waals surface area contributed by atoms with Crippen molar-refractivity contribution in [3.8, 4) is 0 Å². The molecule has 3 rings (SSSR count). The Morgan fingerprint density at radius 3 is 2.38 bits per heavy atom. The lowest BCUT2D eigenvalue weighted by Crippen LogP contribution is -2.54. The standard InChI is InChI=1S/C13H24N2O/c14-13(5-7-16-8-6-13)10-15(12-3-4-12)9-11-1-2-11/h11-12H,1-10,14H2. The van der Waals surface area contributed by atoms with E-state index in [9.17, 15) is 0 Å². The monoisotopic (exact) mass is 224 g/mol. The molecule has 0 bridgehead atoms. The minimum Gasteiger partial charge on any atom is -0.381 e. The molecule has 3 heteroatoms. The van der Waals surface area contributed by atoms with E-state index in [2.05, 4.69) is 4.90 Å². The molecule has 16 heavy (non-hydrogen) atoms. The minimum atomic E-state index is 0.0374. The van der Waals surface area contributed by atoms with Gasteiger partial charge in [-0.1, -0.05) is 0 Å². The lowest BCUT2D eigenvalue weighted by Gasteiger charge is -2.38. The first-order valence-corrected chi connectivity index (χ1v) is 6.86. The van der Waals surface area contributed by atoms with Crippen LogP contribution in [-0.2, 0) is 4.74 Å².